The second-order valence-electron chi connectivity index (χ2n) is 10.0. The lowest BCUT2D eigenvalue weighted by atomic mass is 9.95. The van der Waals surface area contributed by atoms with Crippen LogP contribution in [0.2, 0.25) is 0 Å². The summed E-state index contributed by atoms with van der Waals surface area (Å²) in [7, 11) is 3.06. The van der Waals surface area contributed by atoms with Crippen molar-refractivity contribution in [1.29, 1.82) is 0 Å². The fourth-order valence-electron chi connectivity index (χ4n) is 5.12. The predicted molar refractivity (Wildman–Crippen MR) is 157 cm³/mol. The molecule has 4 aromatic rings. The number of amides is 1. The largest absolute Gasteiger partial charge is 0.507 e. The minimum atomic E-state index is -0.815. The summed E-state index contributed by atoms with van der Waals surface area (Å²) in [6.07, 6.45) is 5.82. The maximum atomic E-state index is 13.4. The molecule has 1 aliphatic heterocycles. The van der Waals surface area contributed by atoms with Crippen LogP contribution in [0.1, 0.15) is 34.7 Å². The van der Waals surface area contributed by atoms with E-state index >= 15 is 0 Å². The molecular formula is C33H33N3O6. The van der Waals surface area contributed by atoms with Gasteiger partial charge in [-0.3, -0.25) is 9.59 Å². The van der Waals surface area contributed by atoms with E-state index in [0.29, 0.717) is 54.5 Å². The number of aliphatic hydroxyl groups excluding tert-OH is 1. The number of likely N-dealkylation sites (tertiary alicyclic amines) is 1. The Bertz CT molecular complexity index is 1590. The molecule has 1 atom stereocenters. The molecule has 5 rings (SSSR count). The third kappa shape index (κ3) is 5.85. The zero-order chi connectivity index (χ0) is 29.6. The first-order chi connectivity index (χ1) is 20.4. The number of aromatic nitrogens is 2. The van der Waals surface area contributed by atoms with Crippen molar-refractivity contribution < 1.29 is 28.9 Å². The van der Waals surface area contributed by atoms with Crippen molar-refractivity contribution in [3.63, 3.8) is 0 Å². The van der Waals surface area contributed by atoms with Crippen molar-refractivity contribution in [2.24, 2.45) is 0 Å². The van der Waals surface area contributed by atoms with Gasteiger partial charge in [-0.25, -0.2) is 4.98 Å². The van der Waals surface area contributed by atoms with E-state index in [4.69, 9.17) is 14.2 Å². The van der Waals surface area contributed by atoms with E-state index in [9.17, 15) is 14.7 Å². The van der Waals surface area contributed by atoms with Gasteiger partial charge in [0.15, 0.2) is 11.5 Å². The Balaban J connectivity index is 1.46. The Morgan fingerprint density at radius 2 is 1.71 bits per heavy atom. The molecule has 1 fully saturated rings. The number of carbonyl (C=O) groups is 2. The van der Waals surface area contributed by atoms with Crippen molar-refractivity contribution in [2.45, 2.75) is 32.5 Å². The van der Waals surface area contributed by atoms with Crippen molar-refractivity contribution >= 4 is 17.4 Å². The number of carbonyl (C=O) groups excluding carboxylic acids is 2. The molecule has 2 heterocycles. The Morgan fingerprint density at radius 1 is 0.952 bits per heavy atom. The molecule has 0 radical (unpaired) electrons. The van der Waals surface area contributed by atoms with Crippen molar-refractivity contribution in [1.82, 2.24) is 14.5 Å². The third-order valence-electron chi connectivity index (χ3n) is 7.42. The molecule has 0 aliphatic carbocycles. The van der Waals surface area contributed by atoms with Crippen LogP contribution in [0, 0.1) is 6.92 Å². The van der Waals surface area contributed by atoms with Crippen LogP contribution in [0.3, 0.4) is 0 Å². The molecule has 1 aromatic heterocycles. The number of methoxy groups -OCH3 is 2. The van der Waals surface area contributed by atoms with E-state index in [-0.39, 0.29) is 11.3 Å². The molecule has 1 aliphatic rings. The Hall–Kier alpha value is -5.05. The van der Waals surface area contributed by atoms with Gasteiger partial charge in [-0.15, -0.1) is 0 Å². The van der Waals surface area contributed by atoms with Crippen LogP contribution in [0.25, 0.3) is 5.76 Å². The molecule has 1 amide bonds. The zero-order valence-corrected chi connectivity index (χ0v) is 23.8. The molecule has 0 bridgehead atoms. The lowest BCUT2D eigenvalue weighted by Gasteiger charge is -2.26. The van der Waals surface area contributed by atoms with Crippen LogP contribution in [0.5, 0.6) is 17.2 Å². The molecule has 0 saturated carbocycles. The summed E-state index contributed by atoms with van der Waals surface area (Å²) in [5.41, 5.74) is 3.25. The highest BCUT2D eigenvalue weighted by atomic mass is 16.5. The van der Waals surface area contributed by atoms with Gasteiger partial charge in [0, 0.05) is 31.0 Å². The number of aliphatic hydroxyl groups is 1. The second-order valence-corrected chi connectivity index (χ2v) is 10.0. The number of ketones is 1. The first-order valence-electron chi connectivity index (χ1n) is 13.6. The summed E-state index contributed by atoms with van der Waals surface area (Å²) in [5, 5.41) is 11.5. The van der Waals surface area contributed by atoms with E-state index in [2.05, 4.69) is 4.98 Å². The quantitative estimate of drug-likeness (QED) is 0.149. The molecule has 0 unspecified atom stereocenters. The summed E-state index contributed by atoms with van der Waals surface area (Å²) in [6, 6.07) is 19.2. The molecule has 216 valence electrons. The topological polar surface area (TPSA) is 103 Å². The van der Waals surface area contributed by atoms with E-state index < -0.39 is 17.7 Å². The van der Waals surface area contributed by atoms with Crippen LogP contribution in [0.15, 0.2) is 91.0 Å². The fourth-order valence-corrected chi connectivity index (χ4v) is 5.12. The first-order valence-corrected chi connectivity index (χ1v) is 13.6. The lowest BCUT2D eigenvalue weighted by molar-refractivity contribution is -0.139. The minimum Gasteiger partial charge on any atom is -0.507 e. The van der Waals surface area contributed by atoms with Gasteiger partial charge in [-0.2, -0.15) is 0 Å². The minimum absolute atomic E-state index is 0.0171. The highest BCUT2D eigenvalue weighted by Crippen LogP contribution is 2.42. The van der Waals surface area contributed by atoms with Crippen LogP contribution in [-0.4, -0.2) is 52.0 Å². The summed E-state index contributed by atoms with van der Waals surface area (Å²) in [4.78, 5) is 32.3. The number of benzene rings is 3. The normalized spacial score (nSPS) is 16.1. The number of nitrogens with zero attached hydrogens (tertiary/aromatic N) is 3. The number of hydrogen-bond acceptors (Lipinski definition) is 7. The molecule has 42 heavy (non-hydrogen) atoms. The van der Waals surface area contributed by atoms with E-state index in [1.807, 2.05) is 42.0 Å². The third-order valence-corrected chi connectivity index (χ3v) is 7.42. The predicted octanol–water partition coefficient (Wildman–Crippen LogP) is 5.30. The van der Waals surface area contributed by atoms with E-state index in [0.717, 1.165) is 11.1 Å². The van der Waals surface area contributed by atoms with E-state index in [1.165, 1.54) is 19.1 Å². The van der Waals surface area contributed by atoms with Gasteiger partial charge in [0.1, 0.15) is 18.1 Å². The number of hydrogen-bond donors (Lipinski definition) is 1. The second kappa shape index (κ2) is 12.6. The number of aryl methyl sites for hydroxylation is 2. The van der Waals surface area contributed by atoms with Crippen LogP contribution in [0.4, 0.5) is 0 Å². The highest BCUT2D eigenvalue weighted by molar-refractivity contribution is 6.46. The van der Waals surface area contributed by atoms with Crippen molar-refractivity contribution in [2.75, 3.05) is 20.8 Å². The van der Waals surface area contributed by atoms with E-state index in [1.54, 1.807) is 55.0 Å². The van der Waals surface area contributed by atoms with Gasteiger partial charge in [0.05, 0.1) is 32.2 Å². The van der Waals surface area contributed by atoms with Gasteiger partial charge in [0.2, 0.25) is 0 Å². The summed E-state index contributed by atoms with van der Waals surface area (Å²) < 4.78 is 18.7. The zero-order valence-electron chi connectivity index (χ0n) is 23.8. The monoisotopic (exact) mass is 567 g/mol. The summed E-state index contributed by atoms with van der Waals surface area (Å²) in [6.45, 7) is 3.35. The SMILES string of the molecule is COc1ccc([C@@H]2C(=C(O)c3ccc(OCc4ccccc4C)cc3)C(=O)C(=O)N2CCCn2ccnc2)cc1OC. The van der Waals surface area contributed by atoms with Gasteiger partial charge in [0.25, 0.3) is 11.7 Å². The van der Waals surface area contributed by atoms with Crippen molar-refractivity contribution in [3.8, 4) is 17.2 Å². The molecular weight excluding hydrogens is 534 g/mol. The average Bonchev–Trinajstić information content (AvgIpc) is 3.62. The lowest BCUT2D eigenvalue weighted by Crippen LogP contribution is -2.31. The Labute approximate surface area is 244 Å². The molecule has 1 N–H and O–H groups in total. The Morgan fingerprint density at radius 3 is 2.40 bits per heavy atom. The molecule has 3 aromatic carbocycles. The fraction of sp³-hybridized carbons (Fsp3) is 0.242. The molecule has 0 spiro atoms. The van der Waals surface area contributed by atoms with Gasteiger partial charge in [-0.05, 0) is 66.4 Å². The molecule has 9 nitrogen and oxygen atoms in total. The molecule has 1 saturated heterocycles. The van der Waals surface area contributed by atoms with Crippen LogP contribution in [-0.2, 0) is 22.7 Å². The number of imidazole rings is 1. The Kier molecular flexibility index (Phi) is 8.57. The maximum absolute atomic E-state index is 13.4. The van der Waals surface area contributed by atoms with Crippen LogP contribution >= 0.6 is 0 Å². The van der Waals surface area contributed by atoms with Gasteiger partial charge in [-0.1, -0.05) is 30.3 Å². The number of ether oxygens (including phenoxy) is 3. The van der Waals surface area contributed by atoms with Gasteiger partial charge >= 0.3 is 0 Å². The number of rotatable bonds is 11. The summed E-state index contributed by atoms with van der Waals surface area (Å²) >= 11 is 0. The standard InChI is InChI=1S/C33H33N3O6/c1-22-7-4-5-8-25(22)20-42-26-12-9-23(10-13-26)31(37)29-30(24-11-14-27(40-2)28(19-24)41-3)36(33(39)32(29)38)17-6-16-35-18-15-34-21-35/h4-5,7-15,18-19,21,30,37H,6,16-17,20H2,1-3H3/t30-/m1/s1. The number of Topliss-reactive ketones (excluding diaryl/α,β-unsaturated/α-hetero) is 1. The molecule has 9 heteroatoms. The van der Waals surface area contributed by atoms with Crippen molar-refractivity contribution in [3.05, 3.63) is 113 Å². The smallest absolute Gasteiger partial charge is 0.295 e. The first kappa shape index (κ1) is 28.5. The van der Waals surface area contributed by atoms with Crippen LogP contribution < -0.4 is 14.2 Å². The maximum Gasteiger partial charge on any atom is 0.295 e. The highest BCUT2D eigenvalue weighted by Gasteiger charge is 2.46. The average molecular weight is 568 g/mol. The van der Waals surface area contributed by atoms with Gasteiger partial charge < -0.3 is 28.8 Å². The summed E-state index contributed by atoms with van der Waals surface area (Å²) in [5.74, 6) is -0.0782.